The van der Waals surface area contributed by atoms with E-state index < -0.39 is 14.2 Å². The Morgan fingerprint density at radius 3 is 1.67 bits per heavy atom. The second kappa shape index (κ2) is 7.45. The highest BCUT2D eigenvalue weighted by molar-refractivity contribution is 7.30. The van der Waals surface area contributed by atoms with E-state index in [0.717, 1.165) is 0 Å². The molecular weight excluding hydrogens is 149 g/mol. The Morgan fingerprint density at radius 1 is 1.56 bits per heavy atom. The van der Waals surface area contributed by atoms with Gasteiger partial charge >= 0.3 is 14.2 Å². The van der Waals surface area contributed by atoms with Crippen molar-refractivity contribution in [2.45, 2.75) is 0 Å². The fourth-order valence-corrected chi connectivity index (χ4v) is 0. The maximum atomic E-state index is 9.24. The number of carboxylic acid groups (broad SMARTS) is 1. The van der Waals surface area contributed by atoms with Gasteiger partial charge in [0.25, 0.3) is 0 Å². The van der Waals surface area contributed by atoms with Gasteiger partial charge in [0.1, 0.15) is 0 Å². The third-order valence-corrected chi connectivity index (χ3v) is 0.175. The van der Waals surface area contributed by atoms with Crippen molar-refractivity contribution in [1.82, 2.24) is 0 Å². The van der Waals surface area contributed by atoms with Crippen molar-refractivity contribution < 1.29 is 24.3 Å². The summed E-state index contributed by atoms with van der Waals surface area (Å²) < 4.78 is 8.70. The highest BCUT2D eigenvalue weighted by Crippen LogP contribution is 1.98. The van der Waals surface area contributed by atoms with Crippen LogP contribution in [0.3, 0.4) is 0 Å². The summed E-state index contributed by atoms with van der Waals surface area (Å²) in [6, 6.07) is 0. The van der Waals surface area contributed by atoms with Gasteiger partial charge in [0.2, 0.25) is 0 Å². The van der Waals surface area contributed by atoms with Crippen molar-refractivity contribution in [3.8, 4) is 0 Å². The topological polar surface area (TPSA) is 121 Å². The van der Waals surface area contributed by atoms with E-state index in [1.165, 1.54) is 0 Å². The Balaban J connectivity index is 0. The molecule has 0 radical (unpaired) electrons. The number of nitrogens with two attached hydrogens (primary N) is 1. The maximum absolute atomic E-state index is 9.24. The first-order valence-electron chi connectivity index (χ1n) is 1.77. The van der Waals surface area contributed by atoms with Crippen LogP contribution in [0.15, 0.2) is 0 Å². The molecule has 0 aromatic heterocycles. The van der Waals surface area contributed by atoms with Gasteiger partial charge in [0.05, 0.1) is 6.54 Å². The minimum absolute atomic E-state index is 0.278. The normalized spacial score (nSPS) is 7.00. The summed E-state index contributed by atoms with van der Waals surface area (Å²) in [5, 5.41) is 7.60. The van der Waals surface area contributed by atoms with E-state index >= 15 is 0 Å². The highest BCUT2D eigenvalue weighted by atomic mass is 31.1. The van der Waals surface area contributed by atoms with E-state index in [1.54, 1.807) is 0 Å². The molecule has 0 spiro atoms. The first-order chi connectivity index (χ1) is 4.00. The summed E-state index contributed by atoms with van der Waals surface area (Å²) in [6.45, 7) is -0.278. The number of hydrogen-bond donors (Lipinski definition) is 4. The summed E-state index contributed by atoms with van der Waals surface area (Å²) >= 11 is 0. The zero-order valence-electron chi connectivity index (χ0n) is 4.39. The third kappa shape index (κ3) is 105. The van der Waals surface area contributed by atoms with Crippen molar-refractivity contribution in [2.75, 3.05) is 6.54 Å². The van der Waals surface area contributed by atoms with Crippen molar-refractivity contribution in [1.29, 1.82) is 0 Å². The van der Waals surface area contributed by atoms with Gasteiger partial charge in [0.15, 0.2) is 0 Å². The van der Waals surface area contributed by atoms with Gasteiger partial charge in [-0.3, -0.25) is 4.79 Å². The van der Waals surface area contributed by atoms with Crippen LogP contribution in [-0.2, 0) is 9.36 Å². The van der Waals surface area contributed by atoms with Crippen LogP contribution in [0.1, 0.15) is 0 Å². The summed E-state index contributed by atoms with van der Waals surface area (Å²) in [5.41, 5.74) is 4.57. The lowest BCUT2D eigenvalue weighted by atomic mass is 10.7. The zero-order valence-corrected chi connectivity index (χ0v) is 5.28. The van der Waals surface area contributed by atoms with E-state index in [-0.39, 0.29) is 6.54 Å². The van der Waals surface area contributed by atoms with E-state index in [1.807, 2.05) is 0 Å². The molecule has 0 bridgehead atoms. The average Bonchev–Trinajstić information content (AvgIpc) is 1.65. The Hall–Kier alpha value is -0.550. The van der Waals surface area contributed by atoms with E-state index in [9.17, 15) is 4.79 Å². The maximum Gasteiger partial charge on any atom is 0.692 e. The Morgan fingerprint density at radius 2 is 1.67 bits per heavy atom. The largest absolute Gasteiger partial charge is 0.692 e. The molecule has 0 rings (SSSR count). The van der Waals surface area contributed by atoms with Gasteiger partial charge in [-0.15, -0.1) is 9.79 Å². The SMILES string of the molecule is NCC(=O)O.O=[P+](O)O. The molecule has 7 heteroatoms. The van der Waals surface area contributed by atoms with E-state index in [0.29, 0.717) is 0 Å². The molecule has 0 amide bonds. The minimum atomic E-state index is -2.87. The molecular formula is C2H7NO5P+. The molecule has 0 aliphatic rings. The average molecular weight is 156 g/mol. The molecule has 0 atom stereocenters. The van der Waals surface area contributed by atoms with Crippen LogP contribution < -0.4 is 5.73 Å². The molecule has 0 saturated heterocycles. The van der Waals surface area contributed by atoms with Gasteiger partial charge in [-0.1, -0.05) is 0 Å². The van der Waals surface area contributed by atoms with Crippen molar-refractivity contribution in [3.63, 3.8) is 0 Å². The third-order valence-electron chi connectivity index (χ3n) is 0.175. The van der Waals surface area contributed by atoms with Crippen LogP contribution in [0.5, 0.6) is 0 Å². The van der Waals surface area contributed by atoms with Crippen LogP contribution in [0.2, 0.25) is 0 Å². The van der Waals surface area contributed by atoms with Crippen LogP contribution in [0, 0.1) is 0 Å². The molecule has 54 valence electrons. The lowest BCUT2D eigenvalue weighted by Gasteiger charge is -1.73. The predicted octanol–water partition coefficient (Wildman–Crippen LogP) is -1.34. The molecule has 0 aliphatic carbocycles. The molecule has 0 unspecified atom stereocenters. The highest BCUT2D eigenvalue weighted by Gasteiger charge is 1.93. The molecule has 0 heterocycles. The number of carbonyl (C=O) groups is 1. The lowest BCUT2D eigenvalue weighted by molar-refractivity contribution is -0.135. The molecule has 0 fully saturated rings. The molecule has 0 aliphatic heterocycles. The van der Waals surface area contributed by atoms with Gasteiger partial charge in [0, 0.05) is 4.57 Å². The first-order valence-corrected chi connectivity index (χ1v) is 2.94. The second-order valence-corrected chi connectivity index (χ2v) is 1.36. The summed E-state index contributed by atoms with van der Waals surface area (Å²) in [7, 11) is -2.87. The lowest BCUT2D eigenvalue weighted by Crippen LogP contribution is -2.10. The first kappa shape index (κ1) is 11.3. The summed E-state index contributed by atoms with van der Waals surface area (Å²) in [5.74, 6) is -0.968. The van der Waals surface area contributed by atoms with Crippen molar-refractivity contribution in [2.24, 2.45) is 5.73 Å². The van der Waals surface area contributed by atoms with Crippen molar-refractivity contribution in [3.05, 3.63) is 0 Å². The molecule has 0 aromatic rings. The minimum Gasteiger partial charge on any atom is -0.480 e. The number of carboxylic acids is 1. The number of hydrogen-bond acceptors (Lipinski definition) is 3. The van der Waals surface area contributed by atoms with E-state index in [4.69, 9.17) is 19.5 Å². The van der Waals surface area contributed by atoms with Crippen LogP contribution >= 0.6 is 8.25 Å². The second-order valence-electron chi connectivity index (χ2n) is 0.851. The van der Waals surface area contributed by atoms with E-state index in [2.05, 4.69) is 5.73 Å². The standard InChI is InChI=1S/C2H5NO2.HO3P/c3-1-2(4)5;1-4(2)3/h1,3H2,(H,4,5);(H-,1,2,3)/p+1. The Kier molecular flexibility index (Phi) is 9.33. The fourth-order valence-electron chi connectivity index (χ4n) is 0. The predicted molar refractivity (Wildman–Crippen MR) is 28.7 cm³/mol. The van der Waals surface area contributed by atoms with Crippen LogP contribution in [-0.4, -0.2) is 27.4 Å². The quantitative estimate of drug-likeness (QED) is 0.348. The van der Waals surface area contributed by atoms with Crippen LogP contribution in [0.4, 0.5) is 0 Å². The van der Waals surface area contributed by atoms with Gasteiger partial charge in [-0.25, -0.2) is 0 Å². The summed E-state index contributed by atoms with van der Waals surface area (Å²) in [6.07, 6.45) is 0. The zero-order chi connectivity index (χ0) is 7.86. The molecule has 0 saturated carbocycles. The molecule has 5 N–H and O–H groups in total. The fraction of sp³-hybridized carbons (Fsp3) is 0.500. The molecule has 0 aromatic carbocycles. The molecule has 6 nitrogen and oxygen atoms in total. The number of aliphatic carboxylic acids is 1. The Bertz CT molecular complexity index is 99.1. The van der Waals surface area contributed by atoms with Gasteiger partial charge in [-0.2, -0.15) is 0 Å². The number of rotatable bonds is 1. The van der Waals surface area contributed by atoms with Crippen LogP contribution in [0.25, 0.3) is 0 Å². The Labute approximate surface area is 51.9 Å². The van der Waals surface area contributed by atoms with Crippen molar-refractivity contribution >= 4 is 14.2 Å². The van der Waals surface area contributed by atoms with Gasteiger partial charge in [-0.05, 0) is 0 Å². The monoisotopic (exact) mass is 156 g/mol. The smallest absolute Gasteiger partial charge is 0.480 e. The van der Waals surface area contributed by atoms with Gasteiger partial charge < -0.3 is 10.8 Å². The summed E-state index contributed by atoms with van der Waals surface area (Å²) in [4.78, 5) is 23.5. The molecule has 9 heavy (non-hydrogen) atoms.